The Morgan fingerprint density at radius 3 is 2.62 bits per heavy atom. The van der Waals surface area contributed by atoms with E-state index in [1.54, 1.807) is 23.1 Å². The molecular formula is C19H15N3O2. The molecule has 118 valence electrons. The van der Waals surface area contributed by atoms with Gasteiger partial charge in [0.2, 0.25) is 0 Å². The Balaban J connectivity index is 2.06. The van der Waals surface area contributed by atoms with Crippen molar-refractivity contribution < 1.29 is 5.11 Å². The van der Waals surface area contributed by atoms with Gasteiger partial charge < -0.3 is 5.11 Å². The van der Waals surface area contributed by atoms with E-state index in [-0.39, 0.29) is 12.0 Å². The van der Waals surface area contributed by atoms with Gasteiger partial charge in [0.15, 0.2) is 5.43 Å². The predicted molar refractivity (Wildman–Crippen MR) is 93.6 cm³/mol. The lowest BCUT2D eigenvalue weighted by atomic mass is 10.1. The number of hydrogen-bond acceptors (Lipinski definition) is 4. The summed E-state index contributed by atoms with van der Waals surface area (Å²) in [5, 5.41) is 15.5. The largest absolute Gasteiger partial charge is 0.392 e. The minimum Gasteiger partial charge on any atom is -0.392 e. The number of aliphatic hydroxyl groups excluding tert-OH is 1. The second kappa shape index (κ2) is 5.54. The third kappa shape index (κ3) is 2.35. The molecule has 2 aromatic heterocycles. The maximum absolute atomic E-state index is 13.0. The van der Waals surface area contributed by atoms with Crippen molar-refractivity contribution >= 4 is 21.7 Å². The van der Waals surface area contributed by atoms with Gasteiger partial charge in [-0.2, -0.15) is 5.10 Å². The highest BCUT2D eigenvalue weighted by Gasteiger charge is 2.08. The van der Waals surface area contributed by atoms with E-state index in [1.807, 2.05) is 43.6 Å². The number of aryl methyl sites for hydroxylation is 1. The van der Waals surface area contributed by atoms with E-state index in [9.17, 15) is 9.90 Å². The first-order valence-electron chi connectivity index (χ1n) is 7.61. The molecule has 2 heterocycles. The maximum atomic E-state index is 13.0. The van der Waals surface area contributed by atoms with Crippen LogP contribution >= 0.6 is 0 Å². The van der Waals surface area contributed by atoms with E-state index < -0.39 is 0 Å². The van der Waals surface area contributed by atoms with Crippen LogP contribution in [0.2, 0.25) is 0 Å². The number of pyridine rings is 1. The number of nitrogens with zero attached hydrogens (tertiary/aromatic N) is 3. The molecule has 0 fully saturated rings. The van der Waals surface area contributed by atoms with Gasteiger partial charge in [-0.25, -0.2) is 0 Å². The van der Waals surface area contributed by atoms with Gasteiger partial charge in [0.05, 0.1) is 18.3 Å². The molecule has 4 aromatic rings. The molecule has 2 aromatic carbocycles. The molecule has 24 heavy (non-hydrogen) atoms. The Labute approximate surface area is 137 Å². The summed E-state index contributed by atoms with van der Waals surface area (Å²) in [4.78, 5) is 17.4. The number of fused-ring (bicyclic) bond motifs is 2. The molecule has 0 spiro atoms. The van der Waals surface area contributed by atoms with Gasteiger partial charge in [0, 0.05) is 41.3 Å². The Morgan fingerprint density at radius 2 is 1.88 bits per heavy atom. The van der Waals surface area contributed by atoms with Gasteiger partial charge in [0.25, 0.3) is 0 Å². The molecule has 0 aliphatic carbocycles. The fourth-order valence-corrected chi connectivity index (χ4v) is 2.88. The van der Waals surface area contributed by atoms with Crippen LogP contribution in [0.5, 0.6) is 0 Å². The topological polar surface area (TPSA) is 68.0 Å². The van der Waals surface area contributed by atoms with Crippen molar-refractivity contribution in [2.75, 3.05) is 0 Å². The smallest absolute Gasteiger partial charge is 0.195 e. The highest BCUT2D eigenvalue weighted by molar-refractivity contribution is 5.93. The van der Waals surface area contributed by atoms with Crippen molar-refractivity contribution in [3.63, 3.8) is 0 Å². The molecular weight excluding hydrogens is 302 g/mol. The van der Waals surface area contributed by atoms with E-state index in [0.29, 0.717) is 16.3 Å². The zero-order chi connectivity index (χ0) is 16.7. The molecule has 0 radical (unpaired) electrons. The quantitative estimate of drug-likeness (QED) is 0.617. The van der Waals surface area contributed by atoms with Crippen LogP contribution in [0.25, 0.3) is 32.8 Å². The molecule has 4 rings (SSSR count). The Hall–Kier alpha value is -3.05. The molecule has 1 N–H and O–H groups in total. The van der Waals surface area contributed by atoms with Crippen LogP contribution in [-0.4, -0.2) is 19.9 Å². The summed E-state index contributed by atoms with van der Waals surface area (Å²) in [5.41, 5.74) is 3.05. The number of hydrogen-bond donors (Lipinski definition) is 1. The van der Waals surface area contributed by atoms with Crippen LogP contribution in [-0.2, 0) is 13.7 Å². The highest BCUT2D eigenvalue weighted by atomic mass is 16.3. The third-order valence-corrected chi connectivity index (χ3v) is 4.17. The van der Waals surface area contributed by atoms with Crippen LogP contribution < -0.4 is 5.43 Å². The monoisotopic (exact) mass is 317 g/mol. The van der Waals surface area contributed by atoms with Gasteiger partial charge in [-0.05, 0) is 29.1 Å². The first kappa shape index (κ1) is 14.5. The van der Waals surface area contributed by atoms with E-state index in [1.165, 1.54) is 0 Å². The molecule has 0 bridgehead atoms. The average Bonchev–Trinajstić information content (AvgIpc) is 2.99. The van der Waals surface area contributed by atoms with Crippen LogP contribution in [0.3, 0.4) is 0 Å². The summed E-state index contributed by atoms with van der Waals surface area (Å²) in [7, 11) is 1.85. The van der Waals surface area contributed by atoms with E-state index in [4.69, 9.17) is 0 Å². The first-order chi connectivity index (χ1) is 11.7. The normalized spacial score (nSPS) is 11.2. The number of benzene rings is 1. The van der Waals surface area contributed by atoms with Crippen LogP contribution in [0.1, 0.15) is 5.56 Å². The van der Waals surface area contributed by atoms with Gasteiger partial charge in [0.1, 0.15) is 0 Å². The van der Waals surface area contributed by atoms with Crippen molar-refractivity contribution in [1.82, 2.24) is 14.8 Å². The minimum atomic E-state index is -0.0922. The van der Waals surface area contributed by atoms with Gasteiger partial charge in [-0.3, -0.25) is 14.5 Å². The molecule has 5 heteroatoms. The predicted octanol–water partition coefficient (Wildman–Crippen LogP) is 2.64. The Bertz CT molecular complexity index is 1130. The number of rotatable bonds is 2. The lowest BCUT2D eigenvalue weighted by molar-refractivity contribution is 0.282. The van der Waals surface area contributed by atoms with Crippen LogP contribution in [0.15, 0.2) is 59.8 Å². The zero-order valence-electron chi connectivity index (χ0n) is 13.1. The van der Waals surface area contributed by atoms with Crippen LogP contribution in [0, 0.1) is 0 Å². The summed E-state index contributed by atoms with van der Waals surface area (Å²) in [6.07, 6.45) is 5.39. The van der Waals surface area contributed by atoms with Crippen LogP contribution in [0.4, 0.5) is 0 Å². The van der Waals surface area contributed by atoms with Crippen molar-refractivity contribution in [2.24, 2.45) is 7.05 Å². The van der Waals surface area contributed by atoms with Crippen molar-refractivity contribution in [1.29, 1.82) is 0 Å². The lowest BCUT2D eigenvalue weighted by Gasteiger charge is -1.99. The summed E-state index contributed by atoms with van der Waals surface area (Å²) in [6, 6.07) is 11.0. The molecule has 0 aliphatic heterocycles. The molecule has 0 saturated carbocycles. The summed E-state index contributed by atoms with van der Waals surface area (Å²) in [6.45, 7) is -0.0922. The number of aliphatic hydroxyl groups is 1. The number of aromatic nitrogens is 3. The molecule has 0 aliphatic rings. The second-order valence-corrected chi connectivity index (χ2v) is 5.80. The van der Waals surface area contributed by atoms with Crippen molar-refractivity contribution in [2.45, 2.75) is 6.61 Å². The van der Waals surface area contributed by atoms with Crippen molar-refractivity contribution in [3.05, 3.63) is 70.8 Å². The van der Waals surface area contributed by atoms with Gasteiger partial charge in [-0.1, -0.05) is 18.2 Å². The standard InChI is InChI=1S/C19H15N3O2/c1-22-10-15(9-21-22)14-7-17-18(20-8-14)5-4-13-3-2-12(11-23)6-16(13)19(17)24/h2-10,23H,11H2,1H3. The highest BCUT2D eigenvalue weighted by Crippen LogP contribution is 2.22. The van der Waals surface area contributed by atoms with E-state index >= 15 is 0 Å². The zero-order valence-corrected chi connectivity index (χ0v) is 13.1. The van der Waals surface area contributed by atoms with E-state index in [0.717, 1.165) is 22.1 Å². The fraction of sp³-hybridized carbons (Fsp3) is 0.105. The molecule has 0 amide bonds. The molecule has 0 saturated heterocycles. The lowest BCUT2D eigenvalue weighted by Crippen LogP contribution is -2.00. The Kier molecular flexibility index (Phi) is 3.36. The first-order valence-corrected chi connectivity index (χ1v) is 7.61. The van der Waals surface area contributed by atoms with Gasteiger partial charge >= 0.3 is 0 Å². The molecule has 5 nitrogen and oxygen atoms in total. The maximum Gasteiger partial charge on any atom is 0.195 e. The Morgan fingerprint density at radius 1 is 1.04 bits per heavy atom. The molecule has 0 unspecified atom stereocenters. The second-order valence-electron chi connectivity index (χ2n) is 5.80. The summed E-state index contributed by atoms with van der Waals surface area (Å²) in [5.74, 6) is 0. The third-order valence-electron chi connectivity index (χ3n) is 4.17. The minimum absolute atomic E-state index is 0.0847. The molecule has 0 atom stereocenters. The van der Waals surface area contributed by atoms with Crippen molar-refractivity contribution in [3.8, 4) is 11.1 Å². The summed E-state index contributed by atoms with van der Waals surface area (Å²) < 4.78 is 1.71. The average molecular weight is 317 g/mol. The fourth-order valence-electron chi connectivity index (χ4n) is 2.88. The van der Waals surface area contributed by atoms with Gasteiger partial charge in [-0.15, -0.1) is 0 Å². The summed E-state index contributed by atoms with van der Waals surface area (Å²) >= 11 is 0. The SMILES string of the molecule is Cn1cc(-c2cnc3ccc4ccc(CO)cc4c(=O)c3c2)cn1. The van der Waals surface area contributed by atoms with E-state index in [2.05, 4.69) is 10.1 Å².